The highest BCUT2D eigenvalue weighted by atomic mass is 32.2. The molecule has 4 N–H and O–H groups in total. The zero-order valence-electron chi connectivity index (χ0n) is 9.17. The summed E-state index contributed by atoms with van der Waals surface area (Å²) >= 11 is 0. The Kier molecular flexibility index (Phi) is 2.79. The van der Waals surface area contributed by atoms with E-state index in [1.54, 1.807) is 7.05 Å². The van der Waals surface area contributed by atoms with E-state index < -0.39 is 16.1 Å². The van der Waals surface area contributed by atoms with Gasteiger partial charge in [-0.25, -0.2) is 8.42 Å². The van der Waals surface area contributed by atoms with Crippen molar-refractivity contribution in [2.24, 2.45) is 0 Å². The smallest absolute Gasteiger partial charge is 0.246 e. The number of likely N-dealkylation sites (N-methyl/N-ethyl adjacent to an activating group) is 1. The van der Waals surface area contributed by atoms with Crippen LogP contribution in [0.1, 0.15) is 6.42 Å². The maximum atomic E-state index is 11.9. The highest BCUT2D eigenvalue weighted by Crippen LogP contribution is 2.17. The lowest BCUT2D eigenvalue weighted by molar-refractivity contribution is -0.127. The standard InChI is InChI=1S/C8H13N5O3S/c1-13-3-2-5(8(13)14)12-17(15,16)6-4-10-11-7(6)9/h4-5,12H,2-3H2,1H3,(H3,9,10,11). The second-order valence-electron chi connectivity index (χ2n) is 3.87. The molecule has 1 amide bonds. The molecular formula is C8H13N5O3S. The van der Waals surface area contributed by atoms with Crippen LogP contribution in [0.3, 0.4) is 0 Å². The van der Waals surface area contributed by atoms with Crippen molar-refractivity contribution in [2.75, 3.05) is 19.3 Å². The maximum Gasteiger partial charge on any atom is 0.246 e. The summed E-state index contributed by atoms with van der Waals surface area (Å²) in [6.45, 7) is 0.535. The molecule has 0 spiro atoms. The van der Waals surface area contributed by atoms with Gasteiger partial charge in [-0.1, -0.05) is 0 Å². The molecule has 1 fully saturated rings. The Hall–Kier alpha value is -1.61. The molecule has 2 rings (SSSR count). The Bertz CT molecular complexity index is 537. The van der Waals surface area contributed by atoms with Gasteiger partial charge in [-0.3, -0.25) is 9.89 Å². The molecular weight excluding hydrogens is 246 g/mol. The lowest BCUT2D eigenvalue weighted by Crippen LogP contribution is -2.40. The van der Waals surface area contributed by atoms with E-state index in [2.05, 4.69) is 14.9 Å². The summed E-state index contributed by atoms with van der Waals surface area (Å²) in [6.07, 6.45) is 1.56. The van der Waals surface area contributed by atoms with Crippen LogP contribution in [0.5, 0.6) is 0 Å². The van der Waals surface area contributed by atoms with Crippen LogP contribution in [0, 0.1) is 0 Å². The van der Waals surface area contributed by atoms with Crippen molar-refractivity contribution in [1.82, 2.24) is 19.8 Å². The predicted molar refractivity (Wildman–Crippen MR) is 59.4 cm³/mol. The summed E-state index contributed by atoms with van der Waals surface area (Å²) in [5.41, 5.74) is 5.43. The first-order valence-electron chi connectivity index (χ1n) is 4.98. The Morgan fingerprint density at radius 3 is 2.82 bits per heavy atom. The van der Waals surface area contributed by atoms with Crippen LogP contribution in [0.15, 0.2) is 11.1 Å². The number of sulfonamides is 1. The number of nitrogen functional groups attached to an aromatic ring is 1. The quantitative estimate of drug-likeness (QED) is 0.610. The molecule has 1 aromatic rings. The number of nitrogens with one attached hydrogen (secondary N) is 2. The number of hydrogen-bond donors (Lipinski definition) is 3. The number of carbonyl (C=O) groups excluding carboxylic acids is 1. The Morgan fingerprint density at radius 2 is 2.35 bits per heavy atom. The molecule has 1 saturated heterocycles. The third-order valence-electron chi connectivity index (χ3n) is 2.65. The van der Waals surface area contributed by atoms with Crippen LogP contribution < -0.4 is 10.5 Å². The number of hydrogen-bond acceptors (Lipinski definition) is 5. The third-order valence-corrected chi connectivity index (χ3v) is 4.15. The fourth-order valence-electron chi connectivity index (χ4n) is 1.68. The summed E-state index contributed by atoms with van der Waals surface area (Å²) in [5, 5.41) is 5.86. The molecule has 0 aliphatic carbocycles. The lowest BCUT2D eigenvalue weighted by atomic mass is 10.3. The van der Waals surface area contributed by atoms with E-state index in [0.717, 1.165) is 6.20 Å². The number of likely N-dealkylation sites (tertiary alicyclic amines) is 1. The lowest BCUT2D eigenvalue weighted by Gasteiger charge is -2.11. The van der Waals surface area contributed by atoms with Crippen LogP contribution in [-0.2, 0) is 14.8 Å². The van der Waals surface area contributed by atoms with Crippen LogP contribution >= 0.6 is 0 Å². The molecule has 94 valence electrons. The molecule has 9 heteroatoms. The van der Waals surface area contributed by atoms with Crippen molar-refractivity contribution in [1.29, 1.82) is 0 Å². The van der Waals surface area contributed by atoms with Gasteiger partial charge in [-0.05, 0) is 6.42 Å². The number of carbonyl (C=O) groups is 1. The van der Waals surface area contributed by atoms with E-state index in [-0.39, 0.29) is 16.6 Å². The molecule has 17 heavy (non-hydrogen) atoms. The van der Waals surface area contributed by atoms with E-state index >= 15 is 0 Å². The number of aromatic amines is 1. The number of nitrogens with zero attached hydrogens (tertiary/aromatic N) is 2. The zero-order valence-corrected chi connectivity index (χ0v) is 9.99. The molecule has 0 radical (unpaired) electrons. The summed E-state index contributed by atoms with van der Waals surface area (Å²) in [5.74, 6) is -0.285. The third kappa shape index (κ3) is 2.11. The van der Waals surface area contributed by atoms with Crippen LogP contribution in [0.2, 0.25) is 0 Å². The molecule has 0 aromatic carbocycles. The predicted octanol–water partition coefficient (Wildman–Crippen LogP) is -1.50. The topological polar surface area (TPSA) is 121 Å². The van der Waals surface area contributed by atoms with Gasteiger partial charge in [0.25, 0.3) is 0 Å². The average molecular weight is 259 g/mol. The normalized spacial score (nSPS) is 21.1. The summed E-state index contributed by atoms with van der Waals surface area (Å²) in [7, 11) is -2.18. The van der Waals surface area contributed by atoms with E-state index in [1.807, 2.05) is 0 Å². The van der Waals surface area contributed by atoms with Crippen molar-refractivity contribution in [3.8, 4) is 0 Å². The van der Waals surface area contributed by atoms with E-state index in [0.29, 0.717) is 13.0 Å². The van der Waals surface area contributed by atoms with Crippen molar-refractivity contribution in [3.63, 3.8) is 0 Å². The van der Waals surface area contributed by atoms with E-state index in [4.69, 9.17) is 5.73 Å². The second-order valence-corrected chi connectivity index (χ2v) is 5.55. The molecule has 0 saturated carbocycles. The Morgan fingerprint density at radius 1 is 1.65 bits per heavy atom. The number of anilines is 1. The zero-order chi connectivity index (χ0) is 12.6. The van der Waals surface area contributed by atoms with Gasteiger partial charge in [-0.15, -0.1) is 0 Å². The second kappa shape index (κ2) is 4.00. The van der Waals surface area contributed by atoms with Gasteiger partial charge in [0, 0.05) is 13.6 Å². The fourth-order valence-corrected chi connectivity index (χ4v) is 2.93. The first-order valence-corrected chi connectivity index (χ1v) is 6.46. The van der Waals surface area contributed by atoms with E-state index in [1.165, 1.54) is 4.90 Å². The highest BCUT2D eigenvalue weighted by Gasteiger charge is 2.33. The SMILES string of the molecule is CN1CCC(NS(=O)(=O)c2cn[nH]c2N)C1=O. The summed E-state index contributed by atoms with van der Waals surface area (Å²) < 4.78 is 26.1. The monoisotopic (exact) mass is 259 g/mol. The van der Waals surface area contributed by atoms with Gasteiger partial charge in [0.1, 0.15) is 16.8 Å². The maximum absolute atomic E-state index is 11.9. The number of rotatable bonds is 3. The molecule has 0 bridgehead atoms. The van der Waals surface area contributed by atoms with Gasteiger partial charge < -0.3 is 10.6 Å². The first kappa shape index (κ1) is 11.9. The number of aromatic nitrogens is 2. The van der Waals surface area contributed by atoms with Crippen molar-refractivity contribution < 1.29 is 13.2 Å². The Balaban J connectivity index is 2.19. The summed E-state index contributed by atoms with van der Waals surface area (Å²) in [6, 6.07) is -0.723. The minimum Gasteiger partial charge on any atom is -0.383 e. The molecule has 2 heterocycles. The Labute approximate surface area is 98.2 Å². The largest absolute Gasteiger partial charge is 0.383 e. The molecule has 1 aromatic heterocycles. The minimum absolute atomic E-state index is 0.0451. The fraction of sp³-hybridized carbons (Fsp3) is 0.500. The number of nitrogens with two attached hydrogens (primary N) is 1. The van der Waals surface area contributed by atoms with Crippen LogP contribution in [0.25, 0.3) is 0 Å². The van der Waals surface area contributed by atoms with Gasteiger partial charge in [0.05, 0.1) is 6.20 Å². The van der Waals surface area contributed by atoms with Crippen molar-refractivity contribution in [3.05, 3.63) is 6.20 Å². The number of H-pyrrole nitrogens is 1. The molecule has 1 aliphatic heterocycles. The molecule has 1 atom stereocenters. The van der Waals surface area contributed by atoms with Crippen LogP contribution in [-0.4, -0.2) is 49.1 Å². The van der Waals surface area contributed by atoms with E-state index in [9.17, 15) is 13.2 Å². The number of amides is 1. The van der Waals surface area contributed by atoms with Gasteiger partial charge in [0.15, 0.2) is 0 Å². The van der Waals surface area contributed by atoms with Gasteiger partial charge in [0.2, 0.25) is 15.9 Å². The molecule has 1 aliphatic rings. The summed E-state index contributed by atoms with van der Waals surface area (Å²) in [4.78, 5) is 12.9. The van der Waals surface area contributed by atoms with Gasteiger partial charge in [-0.2, -0.15) is 9.82 Å². The van der Waals surface area contributed by atoms with Crippen molar-refractivity contribution in [2.45, 2.75) is 17.4 Å². The average Bonchev–Trinajstić information content (AvgIpc) is 2.80. The first-order chi connectivity index (χ1) is 7.92. The molecule has 8 nitrogen and oxygen atoms in total. The minimum atomic E-state index is -3.80. The van der Waals surface area contributed by atoms with Gasteiger partial charge >= 0.3 is 0 Å². The molecule has 1 unspecified atom stereocenters. The van der Waals surface area contributed by atoms with Crippen molar-refractivity contribution >= 4 is 21.7 Å². The van der Waals surface area contributed by atoms with Crippen LogP contribution in [0.4, 0.5) is 5.82 Å². The highest BCUT2D eigenvalue weighted by molar-refractivity contribution is 7.89.